The Labute approximate surface area is 88.3 Å². The van der Waals surface area contributed by atoms with Gasteiger partial charge in [-0.25, -0.2) is 0 Å². The highest BCUT2D eigenvalue weighted by Gasteiger charge is 2.28. The van der Waals surface area contributed by atoms with Gasteiger partial charge in [0.05, 0.1) is 0 Å². The van der Waals surface area contributed by atoms with E-state index >= 15 is 0 Å². The number of anilines is 1. The van der Waals surface area contributed by atoms with Crippen molar-refractivity contribution >= 4 is 16.7 Å². The lowest BCUT2D eigenvalue weighted by Crippen LogP contribution is -1.90. The molecule has 0 bridgehead atoms. The van der Waals surface area contributed by atoms with Crippen LogP contribution in [0.2, 0.25) is 0 Å². The van der Waals surface area contributed by atoms with Crippen molar-refractivity contribution in [1.82, 2.24) is 0 Å². The van der Waals surface area contributed by atoms with Crippen LogP contribution < -0.4 is 5.32 Å². The van der Waals surface area contributed by atoms with E-state index in [9.17, 15) is 0 Å². The summed E-state index contributed by atoms with van der Waals surface area (Å²) < 4.78 is 5.99. The van der Waals surface area contributed by atoms with E-state index in [2.05, 4.69) is 23.5 Å². The lowest BCUT2D eigenvalue weighted by molar-refractivity contribution is 0.550. The Hall–Kier alpha value is -1.44. The molecule has 1 saturated carbocycles. The van der Waals surface area contributed by atoms with E-state index in [4.69, 9.17) is 4.42 Å². The average Bonchev–Trinajstić information content (AvgIpc) is 2.84. The Kier molecular flexibility index (Phi) is 1.34. The van der Waals surface area contributed by atoms with Gasteiger partial charge in [-0.05, 0) is 37.5 Å². The van der Waals surface area contributed by atoms with Crippen LogP contribution in [-0.2, 0) is 6.42 Å². The average molecular weight is 199 g/mol. The SMILES string of the molecule is c1cc2cc(C3CC3)oc2c2c1NCC2. The van der Waals surface area contributed by atoms with E-state index in [1.54, 1.807) is 0 Å². The molecule has 0 saturated heterocycles. The zero-order valence-corrected chi connectivity index (χ0v) is 8.55. The van der Waals surface area contributed by atoms with Crippen molar-refractivity contribution in [2.45, 2.75) is 25.2 Å². The molecule has 1 fully saturated rings. The summed E-state index contributed by atoms with van der Waals surface area (Å²) in [4.78, 5) is 0. The molecular weight excluding hydrogens is 186 g/mol. The van der Waals surface area contributed by atoms with Gasteiger partial charge in [0.2, 0.25) is 0 Å². The largest absolute Gasteiger partial charge is 0.460 e. The monoisotopic (exact) mass is 199 g/mol. The summed E-state index contributed by atoms with van der Waals surface area (Å²) in [5.41, 5.74) is 3.76. The third kappa shape index (κ3) is 1.05. The van der Waals surface area contributed by atoms with Crippen molar-refractivity contribution in [2.24, 2.45) is 0 Å². The fourth-order valence-electron chi connectivity index (χ4n) is 2.49. The number of hydrogen-bond acceptors (Lipinski definition) is 2. The van der Waals surface area contributed by atoms with E-state index in [-0.39, 0.29) is 0 Å². The molecule has 0 amide bonds. The molecule has 1 aromatic heterocycles. The second-order valence-electron chi connectivity index (χ2n) is 4.61. The van der Waals surface area contributed by atoms with Crippen LogP contribution in [0.1, 0.15) is 30.1 Å². The molecule has 0 spiro atoms. The van der Waals surface area contributed by atoms with Gasteiger partial charge in [-0.3, -0.25) is 0 Å². The molecule has 1 aliphatic carbocycles. The van der Waals surface area contributed by atoms with E-state index in [0.717, 1.165) is 18.5 Å². The zero-order valence-electron chi connectivity index (χ0n) is 8.55. The predicted molar refractivity (Wildman–Crippen MR) is 60.4 cm³/mol. The van der Waals surface area contributed by atoms with Gasteiger partial charge >= 0.3 is 0 Å². The lowest BCUT2D eigenvalue weighted by Gasteiger charge is -1.98. The molecule has 76 valence electrons. The second-order valence-corrected chi connectivity index (χ2v) is 4.61. The van der Waals surface area contributed by atoms with E-state index in [0.29, 0.717) is 5.92 Å². The fraction of sp³-hybridized carbons (Fsp3) is 0.385. The van der Waals surface area contributed by atoms with Crippen LogP contribution in [-0.4, -0.2) is 6.54 Å². The minimum atomic E-state index is 0.711. The van der Waals surface area contributed by atoms with Crippen LogP contribution in [0.4, 0.5) is 5.69 Å². The molecule has 2 heteroatoms. The summed E-state index contributed by atoms with van der Waals surface area (Å²) in [5, 5.41) is 4.66. The van der Waals surface area contributed by atoms with Crippen molar-refractivity contribution in [3.8, 4) is 0 Å². The van der Waals surface area contributed by atoms with Crippen molar-refractivity contribution in [3.63, 3.8) is 0 Å². The van der Waals surface area contributed by atoms with E-state index in [1.165, 1.54) is 35.2 Å². The third-order valence-electron chi connectivity index (χ3n) is 3.48. The van der Waals surface area contributed by atoms with Crippen LogP contribution >= 0.6 is 0 Å². The Balaban J connectivity index is 1.99. The normalized spacial score (nSPS) is 19.2. The number of rotatable bonds is 1. The number of benzene rings is 1. The smallest absolute Gasteiger partial charge is 0.139 e. The van der Waals surface area contributed by atoms with Gasteiger partial charge in [0.1, 0.15) is 11.3 Å². The van der Waals surface area contributed by atoms with E-state index < -0.39 is 0 Å². The van der Waals surface area contributed by atoms with Gasteiger partial charge in [0.25, 0.3) is 0 Å². The summed E-state index contributed by atoms with van der Waals surface area (Å²) in [5.74, 6) is 1.91. The molecule has 2 heterocycles. The first-order valence-electron chi connectivity index (χ1n) is 5.71. The van der Waals surface area contributed by atoms with Gasteiger partial charge in [0, 0.05) is 29.1 Å². The molecule has 1 aromatic carbocycles. The van der Waals surface area contributed by atoms with Crippen LogP contribution in [0.15, 0.2) is 22.6 Å². The van der Waals surface area contributed by atoms with Gasteiger partial charge < -0.3 is 9.73 Å². The maximum atomic E-state index is 5.99. The Morgan fingerprint density at radius 2 is 2.20 bits per heavy atom. The molecule has 1 N–H and O–H groups in total. The standard InChI is InChI=1S/C13H13NO/c1-2-8(1)12-7-9-3-4-11-10(5-6-14-11)13(9)15-12/h3-4,7-8,14H,1-2,5-6H2. The molecule has 4 rings (SSSR count). The number of furan rings is 1. The molecule has 2 nitrogen and oxygen atoms in total. The topological polar surface area (TPSA) is 25.2 Å². The van der Waals surface area contributed by atoms with Crippen LogP contribution in [0.25, 0.3) is 11.0 Å². The predicted octanol–water partition coefficient (Wildman–Crippen LogP) is 3.28. The molecule has 2 aliphatic rings. The summed E-state index contributed by atoms with van der Waals surface area (Å²) >= 11 is 0. The Morgan fingerprint density at radius 3 is 3.07 bits per heavy atom. The summed E-state index contributed by atoms with van der Waals surface area (Å²) in [6.07, 6.45) is 3.71. The summed E-state index contributed by atoms with van der Waals surface area (Å²) in [7, 11) is 0. The van der Waals surface area contributed by atoms with Crippen molar-refractivity contribution in [2.75, 3.05) is 11.9 Å². The highest BCUT2D eigenvalue weighted by molar-refractivity contribution is 5.87. The molecule has 0 atom stereocenters. The number of nitrogens with one attached hydrogen (secondary N) is 1. The first-order chi connectivity index (χ1) is 7.42. The Morgan fingerprint density at radius 1 is 1.27 bits per heavy atom. The highest BCUT2D eigenvalue weighted by atomic mass is 16.3. The van der Waals surface area contributed by atoms with Crippen LogP contribution in [0, 0.1) is 0 Å². The number of hydrogen-bond donors (Lipinski definition) is 1. The minimum absolute atomic E-state index is 0.711. The maximum Gasteiger partial charge on any atom is 0.139 e. The van der Waals surface area contributed by atoms with Crippen molar-refractivity contribution < 1.29 is 4.42 Å². The summed E-state index contributed by atoms with van der Waals surface area (Å²) in [6.45, 7) is 1.05. The molecule has 2 aromatic rings. The lowest BCUT2D eigenvalue weighted by atomic mass is 10.1. The molecule has 15 heavy (non-hydrogen) atoms. The van der Waals surface area contributed by atoms with Crippen LogP contribution in [0.5, 0.6) is 0 Å². The van der Waals surface area contributed by atoms with Crippen LogP contribution in [0.3, 0.4) is 0 Å². The molecule has 0 radical (unpaired) electrons. The molecule has 1 aliphatic heterocycles. The molecule has 0 unspecified atom stereocenters. The Bertz CT molecular complexity index is 537. The second kappa shape index (κ2) is 2.57. The first kappa shape index (κ1) is 7.80. The van der Waals surface area contributed by atoms with Crippen molar-refractivity contribution in [3.05, 3.63) is 29.5 Å². The number of fused-ring (bicyclic) bond motifs is 3. The zero-order chi connectivity index (χ0) is 9.83. The van der Waals surface area contributed by atoms with Gasteiger partial charge in [0.15, 0.2) is 0 Å². The van der Waals surface area contributed by atoms with Gasteiger partial charge in [-0.2, -0.15) is 0 Å². The summed E-state index contributed by atoms with van der Waals surface area (Å²) in [6, 6.07) is 6.57. The molecular formula is C13H13NO. The van der Waals surface area contributed by atoms with Crippen molar-refractivity contribution in [1.29, 1.82) is 0 Å². The minimum Gasteiger partial charge on any atom is -0.460 e. The quantitative estimate of drug-likeness (QED) is 0.762. The fourth-order valence-corrected chi connectivity index (χ4v) is 2.49. The third-order valence-corrected chi connectivity index (χ3v) is 3.48. The highest BCUT2D eigenvalue weighted by Crippen LogP contribution is 2.43. The maximum absolute atomic E-state index is 5.99. The van der Waals surface area contributed by atoms with E-state index in [1.807, 2.05) is 0 Å². The van der Waals surface area contributed by atoms with Gasteiger partial charge in [-0.1, -0.05) is 0 Å². The first-order valence-corrected chi connectivity index (χ1v) is 5.71. The van der Waals surface area contributed by atoms with Gasteiger partial charge in [-0.15, -0.1) is 0 Å².